The molecular weight excluding hydrogens is 230 g/mol. The van der Waals surface area contributed by atoms with Crippen molar-refractivity contribution in [2.75, 3.05) is 6.61 Å². The lowest BCUT2D eigenvalue weighted by Crippen LogP contribution is -2.04. The quantitative estimate of drug-likeness (QED) is 0.896. The van der Waals surface area contributed by atoms with E-state index >= 15 is 0 Å². The Labute approximate surface area is 104 Å². The van der Waals surface area contributed by atoms with Crippen LogP contribution in [0.15, 0.2) is 30.3 Å². The van der Waals surface area contributed by atoms with Gasteiger partial charge in [0, 0.05) is 11.5 Å². The molecule has 1 aliphatic carbocycles. The van der Waals surface area contributed by atoms with Crippen molar-refractivity contribution < 1.29 is 14.6 Å². The van der Waals surface area contributed by atoms with E-state index in [2.05, 4.69) is 4.98 Å². The summed E-state index contributed by atoms with van der Waals surface area (Å²) in [6, 6.07) is 8.71. The Morgan fingerprint density at radius 2 is 2.17 bits per heavy atom. The first kappa shape index (κ1) is 11.0. The van der Waals surface area contributed by atoms with Crippen molar-refractivity contribution in [3.8, 4) is 5.88 Å². The summed E-state index contributed by atoms with van der Waals surface area (Å²) >= 11 is 0. The number of aromatic carboxylic acids is 1. The number of nitrogens with zero attached hydrogens (tertiary/aromatic N) is 1. The minimum Gasteiger partial charge on any atom is -0.478 e. The summed E-state index contributed by atoms with van der Waals surface area (Å²) < 4.78 is 5.55. The van der Waals surface area contributed by atoms with Gasteiger partial charge in [0.05, 0.1) is 17.7 Å². The number of pyridine rings is 1. The first-order valence-electron chi connectivity index (χ1n) is 6.00. The van der Waals surface area contributed by atoms with Crippen LogP contribution in [0.2, 0.25) is 0 Å². The fourth-order valence-electron chi connectivity index (χ4n) is 1.89. The molecule has 1 heterocycles. The van der Waals surface area contributed by atoms with Gasteiger partial charge in [-0.2, -0.15) is 0 Å². The zero-order valence-electron chi connectivity index (χ0n) is 9.80. The van der Waals surface area contributed by atoms with E-state index in [0.717, 1.165) is 0 Å². The number of carboxylic acids is 1. The zero-order valence-corrected chi connectivity index (χ0v) is 9.80. The van der Waals surface area contributed by atoms with Crippen LogP contribution in [-0.2, 0) is 0 Å². The van der Waals surface area contributed by atoms with Crippen molar-refractivity contribution in [2.24, 2.45) is 5.92 Å². The van der Waals surface area contributed by atoms with Crippen LogP contribution in [0.25, 0.3) is 10.9 Å². The molecule has 3 rings (SSSR count). The van der Waals surface area contributed by atoms with Crippen LogP contribution in [0.4, 0.5) is 0 Å². The number of para-hydroxylation sites is 1. The lowest BCUT2D eigenvalue weighted by atomic mass is 10.1. The van der Waals surface area contributed by atoms with E-state index in [1.165, 1.54) is 18.9 Å². The molecule has 0 amide bonds. The standard InChI is InChI=1S/C14H13NO3/c16-14(17)11-7-13(18-8-9-5-6-9)15-12-4-2-1-3-10(11)12/h1-4,7,9H,5-6,8H2,(H,16,17). The van der Waals surface area contributed by atoms with Crippen LogP contribution in [0.5, 0.6) is 5.88 Å². The van der Waals surface area contributed by atoms with Crippen molar-refractivity contribution in [3.05, 3.63) is 35.9 Å². The van der Waals surface area contributed by atoms with Gasteiger partial charge < -0.3 is 9.84 Å². The lowest BCUT2D eigenvalue weighted by Gasteiger charge is -2.08. The number of carbonyl (C=O) groups is 1. The van der Waals surface area contributed by atoms with Gasteiger partial charge in [0.25, 0.3) is 0 Å². The van der Waals surface area contributed by atoms with Gasteiger partial charge in [0.1, 0.15) is 0 Å². The van der Waals surface area contributed by atoms with E-state index in [1.54, 1.807) is 18.2 Å². The third kappa shape index (κ3) is 2.14. The zero-order chi connectivity index (χ0) is 12.5. The minimum atomic E-state index is -0.954. The highest BCUT2D eigenvalue weighted by Crippen LogP contribution is 2.30. The summed E-state index contributed by atoms with van der Waals surface area (Å²) in [6.07, 6.45) is 2.39. The number of ether oxygens (including phenoxy) is 1. The van der Waals surface area contributed by atoms with Gasteiger partial charge in [-0.05, 0) is 24.8 Å². The third-order valence-electron chi connectivity index (χ3n) is 3.09. The normalized spacial score (nSPS) is 14.7. The molecule has 0 atom stereocenters. The van der Waals surface area contributed by atoms with Crippen LogP contribution >= 0.6 is 0 Å². The molecule has 0 spiro atoms. The molecule has 1 N–H and O–H groups in total. The van der Waals surface area contributed by atoms with Gasteiger partial charge in [-0.15, -0.1) is 0 Å². The van der Waals surface area contributed by atoms with Crippen LogP contribution in [0, 0.1) is 5.92 Å². The number of fused-ring (bicyclic) bond motifs is 1. The topological polar surface area (TPSA) is 59.4 Å². The maximum atomic E-state index is 11.2. The van der Waals surface area contributed by atoms with Crippen LogP contribution in [0.3, 0.4) is 0 Å². The molecule has 0 aliphatic heterocycles. The summed E-state index contributed by atoms with van der Waals surface area (Å²) in [5.41, 5.74) is 0.898. The first-order valence-corrected chi connectivity index (χ1v) is 6.00. The smallest absolute Gasteiger partial charge is 0.336 e. The van der Waals surface area contributed by atoms with E-state index < -0.39 is 5.97 Å². The average Bonchev–Trinajstić information content (AvgIpc) is 3.19. The molecule has 1 aromatic carbocycles. The van der Waals surface area contributed by atoms with Crippen molar-refractivity contribution in [1.29, 1.82) is 0 Å². The molecule has 4 heteroatoms. The largest absolute Gasteiger partial charge is 0.478 e. The summed E-state index contributed by atoms with van der Waals surface area (Å²) in [6.45, 7) is 0.629. The molecule has 0 radical (unpaired) electrons. The van der Waals surface area contributed by atoms with E-state index in [4.69, 9.17) is 4.74 Å². The Hall–Kier alpha value is -2.10. The van der Waals surface area contributed by atoms with E-state index in [1.807, 2.05) is 6.07 Å². The molecule has 92 valence electrons. The molecule has 1 aliphatic rings. The van der Waals surface area contributed by atoms with Gasteiger partial charge in [-0.3, -0.25) is 0 Å². The highest BCUT2D eigenvalue weighted by atomic mass is 16.5. The Morgan fingerprint density at radius 3 is 2.89 bits per heavy atom. The van der Waals surface area contributed by atoms with Crippen molar-refractivity contribution in [2.45, 2.75) is 12.8 Å². The van der Waals surface area contributed by atoms with Crippen molar-refractivity contribution in [3.63, 3.8) is 0 Å². The van der Waals surface area contributed by atoms with E-state index in [-0.39, 0.29) is 5.56 Å². The minimum absolute atomic E-state index is 0.242. The second-order valence-corrected chi connectivity index (χ2v) is 4.58. The fraction of sp³-hybridized carbons (Fsp3) is 0.286. The van der Waals surface area contributed by atoms with Gasteiger partial charge in [-0.25, -0.2) is 9.78 Å². The molecule has 0 bridgehead atoms. The molecule has 1 saturated carbocycles. The third-order valence-corrected chi connectivity index (χ3v) is 3.09. The Kier molecular flexibility index (Phi) is 2.63. The predicted molar refractivity (Wildman–Crippen MR) is 66.9 cm³/mol. The SMILES string of the molecule is O=C(O)c1cc(OCC2CC2)nc2ccccc12. The second-order valence-electron chi connectivity index (χ2n) is 4.58. The van der Waals surface area contributed by atoms with Crippen molar-refractivity contribution >= 4 is 16.9 Å². The molecule has 1 aromatic heterocycles. The number of aromatic nitrogens is 1. The molecule has 4 nitrogen and oxygen atoms in total. The van der Waals surface area contributed by atoms with Crippen molar-refractivity contribution in [1.82, 2.24) is 4.98 Å². The maximum Gasteiger partial charge on any atom is 0.336 e. The highest BCUT2D eigenvalue weighted by molar-refractivity contribution is 6.02. The lowest BCUT2D eigenvalue weighted by molar-refractivity contribution is 0.0698. The number of carboxylic acid groups (broad SMARTS) is 1. The Bertz CT molecular complexity index is 605. The molecular formula is C14H13NO3. The van der Waals surface area contributed by atoms with Crippen LogP contribution < -0.4 is 4.74 Å². The average molecular weight is 243 g/mol. The molecule has 1 fully saturated rings. The predicted octanol–water partition coefficient (Wildman–Crippen LogP) is 2.72. The highest BCUT2D eigenvalue weighted by Gasteiger charge is 2.22. The monoisotopic (exact) mass is 243 g/mol. The molecule has 0 saturated heterocycles. The fourth-order valence-corrected chi connectivity index (χ4v) is 1.89. The molecule has 18 heavy (non-hydrogen) atoms. The summed E-state index contributed by atoms with van der Waals surface area (Å²) in [5.74, 6) is 0.0643. The summed E-state index contributed by atoms with van der Waals surface area (Å²) in [7, 11) is 0. The number of hydrogen-bond donors (Lipinski definition) is 1. The van der Waals surface area contributed by atoms with Gasteiger partial charge in [0.2, 0.25) is 5.88 Å². The number of benzene rings is 1. The Balaban J connectivity index is 2.01. The number of hydrogen-bond acceptors (Lipinski definition) is 3. The first-order chi connectivity index (χ1) is 8.74. The second kappa shape index (κ2) is 4.29. The van der Waals surface area contributed by atoms with E-state index in [9.17, 15) is 9.90 Å². The van der Waals surface area contributed by atoms with Crippen LogP contribution in [-0.4, -0.2) is 22.7 Å². The molecule has 2 aromatic rings. The summed E-state index contributed by atoms with van der Waals surface area (Å²) in [5, 5.41) is 9.86. The van der Waals surface area contributed by atoms with E-state index in [0.29, 0.717) is 29.3 Å². The van der Waals surface area contributed by atoms with Gasteiger partial charge in [-0.1, -0.05) is 18.2 Å². The molecule has 0 unspecified atom stereocenters. The van der Waals surface area contributed by atoms with Gasteiger partial charge >= 0.3 is 5.97 Å². The number of rotatable bonds is 4. The Morgan fingerprint density at radius 1 is 1.39 bits per heavy atom. The maximum absolute atomic E-state index is 11.2. The summed E-state index contributed by atoms with van der Waals surface area (Å²) in [4.78, 5) is 15.6. The van der Waals surface area contributed by atoms with Gasteiger partial charge in [0.15, 0.2) is 0 Å². The van der Waals surface area contributed by atoms with Crippen LogP contribution in [0.1, 0.15) is 23.2 Å².